The van der Waals surface area contributed by atoms with Gasteiger partial charge in [-0.1, -0.05) is 45.4 Å². The van der Waals surface area contributed by atoms with E-state index in [-0.39, 0.29) is 0 Å². The standard InChI is InChI=1S/C14H29NO5/c1-2-3-4-5-6-7-8-9-15-14(20)13(19)12(18)11(17)10-16/h11-13,16-19H,2-10H2,1H3,(H,15,20)/t11-,12+,13-/m1/s1. The van der Waals surface area contributed by atoms with Crippen molar-refractivity contribution in [3.8, 4) is 0 Å². The third kappa shape index (κ3) is 8.47. The van der Waals surface area contributed by atoms with Gasteiger partial charge in [0, 0.05) is 6.54 Å². The van der Waals surface area contributed by atoms with Gasteiger partial charge in [-0.3, -0.25) is 4.79 Å². The summed E-state index contributed by atoms with van der Waals surface area (Å²) < 4.78 is 0. The molecule has 0 aromatic rings. The van der Waals surface area contributed by atoms with Gasteiger partial charge < -0.3 is 25.7 Å². The molecule has 0 bridgehead atoms. The lowest BCUT2D eigenvalue weighted by Gasteiger charge is -2.20. The van der Waals surface area contributed by atoms with Gasteiger partial charge in [-0.25, -0.2) is 0 Å². The Balaban J connectivity index is 3.62. The Morgan fingerprint density at radius 2 is 1.55 bits per heavy atom. The Kier molecular flexibility index (Phi) is 11.7. The van der Waals surface area contributed by atoms with Gasteiger partial charge in [0.15, 0.2) is 6.10 Å². The molecule has 0 heterocycles. The zero-order chi connectivity index (χ0) is 15.4. The minimum absolute atomic E-state index is 0.436. The summed E-state index contributed by atoms with van der Waals surface area (Å²) in [7, 11) is 0. The number of hydrogen-bond donors (Lipinski definition) is 5. The van der Waals surface area contributed by atoms with Crippen molar-refractivity contribution in [1.82, 2.24) is 5.32 Å². The molecule has 20 heavy (non-hydrogen) atoms. The van der Waals surface area contributed by atoms with E-state index in [4.69, 9.17) is 10.2 Å². The average molecular weight is 291 g/mol. The number of hydrogen-bond acceptors (Lipinski definition) is 5. The molecule has 120 valence electrons. The van der Waals surface area contributed by atoms with E-state index in [0.29, 0.717) is 6.54 Å². The number of carbonyl (C=O) groups is 1. The molecule has 0 saturated carbocycles. The summed E-state index contributed by atoms with van der Waals surface area (Å²) in [6.07, 6.45) is 2.97. The van der Waals surface area contributed by atoms with Crippen LogP contribution in [0, 0.1) is 0 Å². The smallest absolute Gasteiger partial charge is 0.251 e. The summed E-state index contributed by atoms with van der Waals surface area (Å²) in [5, 5.41) is 39.1. The molecule has 0 aromatic heterocycles. The van der Waals surface area contributed by atoms with Crippen LogP contribution in [0.4, 0.5) is 0 Å². The number of nitrogens with one attached hydrogen (secondary N) is 1. The first-order chi connectivity index (χ1) is 9.54. The van der Waals surface area contributed by atoms with Gasteiger partial charge in [0.25, 0.3) is 5.91 Å². The zero-order valence-corrected chi connectivity index (χ0v) is 12.3. The van der Waals surface area contributed by atoms with Crippen molar-refractivity contribution in [3.63, 3.8) is 0 Å². The van der Waals surface area contributed by atoms with Crippen LogP contribution in [0.15, 0.2) is 0 Å². The molecule has 5 N–H and O–H groups in total. The molecule has 6 nitrogen and oxygen atoms in total. The highest BCUT2D eigenvalue weighted by molar-refractivity contribution is 5.81. The molecule has 0 aromatic carbocycles. The van der Waals surface area contributed by atoms with Crippen LogP contribution in [0.25, 0.3) is 0 Å². The highest BCUT2D eigenvalue weighted by atomic mass is 16.4. The predicted octanol–water partition coefficient (Wildman–Crippen LogP) is -0.0718. The number of carbonyl (C=O) groups excluding carboxylic acids is 1. The molecule has 0 aliphatic carbocycles. The maximum Gasteiger partial charge on any atom is 0.251 e. The van der Waals surface area contributed by atoms with E-state index in [2.05, 4.69) is 12.2 Å². The van der Waals surface area contributed by atoms with Crippen LogP contribution in [0.2, 0.25) is 0 Å². The van der Waals surface area contributed by atoms with E-state index >= 15 is 0 Å². The second-order valence-corrected chi connectivity index (χ2v) is 5.10. The van der Waals surface area contributed by atoms with E-state index < -0.39 is 30.8 Å². The van der Waals surface area contributed by atoms with Gasteiger partial charge in [-0.2, -0.15) is 0 Å². The third-order valence-corrected chi connectivity index (χ3v) is 3.25. The van der Waals surface area contributed by atoms with E-state index in [0.717, 1.165) is 19.3 Å². The number of rotatable bonds is 12. The van der Waals surface area contributed by atoms with E-state index in [9.17, 15) is 15.0 Å². The first kappa shape index (κ1) is 19.3. The molecule has 0 rings (SSSR count). The predicted molar refractivity (Wildman–Crippen MR) is 76.1 cm³/mol. The van der Waals surface area contributed by atoms with Crippen LogP contribution in [0.5, 0.6) is 0 Å². The zero-order valence-electron chi connectivity index (χ0n) is 12.3. The third-order valence-electron chi connectivity index (χ3n) is 3.25. The highest BCUT2D eigenvalue weighted by Gasteiger charge is 2.29. The summed E-state index contributed by atoms with van der Waals surface area (Å²) in [6, 6.07) is 0. The number of unbranched alkanes of at least 4 members (excludes halogenated alkanes) is 6. The Hall–Kier alpha value is -0.690. The Morgan fingerprint density at radius 3 is 2.10 bits per heavy atom. The lowest BCUT2D eigenvalue weighted by atomic mass is 10.1. The van der Waals surface area contributed by atoms with E-state index in [1.807, 2.05) is 0 Å². The second-order valence-electron chi connectivity index (χ2n) is 5.10. The second kappa shape index (κ2) is 12.1. The van der Waals surface area contributed by atoms with Crippen LogP contribution >= 0.6 is 0 Å². The van der Waals surface area contributed by atoms with Crippen LogP contribution in [-0.2, 0) is 4.79 Å². The van der Waals surface area contributed by atoms with E-state index in [1.165, 1.54) is 25.7 Å². The Labute approximate surface area is 120 Å². The molecule has 0 aliphatic rings. The summed E-state index contributed by atoms with van der Waals surface area (Å²) in [4.78, 5) is 11.5. The van der Waals surface area contributed by atoms with Gasteiger partial charge in [0.2, 0.25) is 0 Å². The van der Waals surface area contributed by atoms with Gasteiger partial charge in [-0.15, -0.1) is 0 Å². The molecule has 3 atom stereocenters. The molecule has 0 spiro atoms. The SMILES string of the molecule is CCCCCCCCCNC(=O)[C@H](O)[C@@H](O)[C@H](O)CO. The fraction of sp³-hybridized carbons (Fsp3) is 0.929. The van der Waals surface area contributed by atoms with Crippen molar-refractivity contribution in [2.75, 3.05) is 13.2 Å². The van der Waals surface area contributed by atoms with Crippen LogP contribution in [-0.4, -0.2) is 57.8 Å². The highest BCUT2D eigenvalue weighted by Crippen LogP contribution is 2.06. The Bertz CT molecular complexity index is 250. The molecule has 1 amide bonds. The summed E-state index contributed by atoms with van der Waals surface area (Å²) in [6.45, 7) is 1.90. The maximum absolute atomic E-state index is 11.5. The minimum Gasteiger partial charge on any atom is -0.394 e. The van der Waals surface area contributed by atoms with Crippen molar-refractivity contribution < 1.29 is 25.2 Å². The number of aliphatic hydroxyl groups excluding tert-OH is 4. The molecule has 0 saturated heterocycles. The Morgan fingerprint density at radius 1 is 1.00 bits per heavy atom. The molecule has 0 unspecified atom stereocenters. The summed E-state index contributed by atoms with van der Waals surface area (Å²) >= 11 is 0. The normalized spacial score (nSPS) is 15.7. The first-order valence-corrected chi connectivity index (χ1v) is 7.47. The molecule has 0 fully saturated rings. The quantitative estimate of drug-likeness (QED) is 0.323. The van der Waals surface area contributed by atoms with Crippen molar-refractivity contribution in [2.45, 2.75) is 70.2 Å². The fourth-order valence-corrected chi connectivity index (χ4v) is 1.87. The van der Waals surface area contributed by atoms with Crippen molar-refractivity contribution in [2.24, 2.45) is 0 Å². The van der Waals surface area contributed by atoms with Crippen molar-refractivity contribution >= 4 is 5.91 Å². The lowest BCUT2D eigenvalue weighted by Crippen LogP contribution is -2.48. The van der Waals surface area contributed by atoms with Crippen LogP contribution in [0.3, 0.4) is 0 Å². The summed E-state index contributed by atoms with van der Waals surface area (Å²) in [5.74, 6) is -0.726. The minimum atomic E-state index is -1.72. The molecular formula is C14H29NO5. The van der Waals surface area contributed by atoms with E-state index in [1.54, 1.807) is 0 Å². The van der Waals surface area contributed by atoms with Gasteiger partial charge in [0.05, 0.1) is 6.61 Å². The molecule has 0 radical (unpaired) electrons. The molecule has 0 aliphatic heterocycles. The monoisotopic (exact) mass is 291 g/mol. The number of aliphatic hydroxyl groups is 4. The fourth-order valence-electron chi connectivity index (χ4n) is 1.87. The van der Waals surface area contributed by atoms with Crippen molar-refractivity contribution in [3.05, 3.63) is 0 Å². The topological polar surface area (TPSA) is 110 Å². The number of amides is 1. The lowest BCUT2D eigenvalue weighted by molar-refractivity contribution is -0.142. The van der Waals surface area contributed by atoms with Gasteiger partial charge in [-0.05, 0) is 6.42 Å². The maximum atomic E-state index is 11.5. The van der Waals surface area contributed by atoms with Crippen molar-refractivity contribution in [1.29, 1.82) is 0 Å². The van der Waals surface area contributed by atoms with Gasteiger partial charge in [0.1, 0.15) is 12.2 Å². The molecular weight excluding hydrogens is 262 g/mol. The van der Waals surface area contributed by atoms with Crippen LogP contribution < -0.4 is 5.32 Å². The average Bonchev–Trinajstić information content (AvgIpc) is 2.47. The first-order valence-electron chi connectivity index (χ1n) is 7.47. The summed E-state index contributed by atoms with van der Waals surface area (Å²) in [5.41, 5.74) is 0. The largest absolute Gasteiger partial charge is 0.394 e. The van der Waals surface area contributed by atoms with Gasteiger partial charge >= 0.3 is 0 Å². The molecule has 6 heteroatoms. The van der Waals surface area contributed by atoms with Crippen LogP contribution in [0.1, 0.15) is 51.9 Å².